The van der Waals surface area contributed by atoms with Gasteiger partial charge in [-0.3, -0.25) is 4.79 Å². The molecule has 3 rings (SSSR count). The van der Waals surface area contributed by atoms with Gasteiger partial charge in [0.15, 0.2) is 0 Å². The molecule has 0 saturated heterocycles. The van der Waals surface area contributed by atoms with Crippen molar-refractivity contribution in [3.05, 3.63) is 11.1 Å². The second-order valence-corrected chi connectivity index (χ2v) is 7.58. The largest absolute Gasteiger partial charge is 0.462 e. The normalized spacial score (nSPS) is 47.8. The van der Waals surface area contributed by atoms with Gasteiger partial charge in [-0.2, -0.15) is 0 Å². The molecule has 0 unspecified atom stereocenters. The van der Waals surface area contributed by atoms with Crippen molar-refractivity contribution < 1.29 is 34.4 Å². The monoisotopic (exact) mass is 340 g/mol. The summed E-state index contributed by atoms with van der Waals surface area (Å²) in [6.45, 7) is 6.32. The van der Waals surface area contributed by atoms with Gasteiger partial charge in [0.1, 0.15) is 6.10 Å². The van der Waals surface area contributed by atoms with Gasteiger partial charge in [0, 0.05) is 35.8 Å². The molecule has 0 amide bonds. The van der Waals surface area contributed by atoms with Gasteiger partial charge < -0.3 is 24.8 Å². The number of carbonyl (C=O) groups excluding carboxylic acids is 2. The minimum Gasteiger partial charge on any atom is -0.462 e. The maximum Gasteiger partial charge on any atom is 0.336 e. The van der Waals surface area contributed by atoms with Crippen molar-refractivity contribution in [1.29, 1.82) is 0 Å². The first-order valence-corrected chi connectivity index (χ1v) is 8.21. The molecule has 0 aromatic heterocycles. The molecule has 134 valence electrons. The van der Waals surface area contributed by atoms with Gasteiger partial charge in [0.05, 0.1) is 11.7 Å². The van der Waals surface area contributed by atoms with Crippen LogP contribution < -0.4 is 0 Å². The number of esters is 2. The number of carbonyl (C=O) groups is 2. The van der Waals surface area contributed by atoms with E-state index in [-0.39, 0.29) is 29.9 Å². The Hall–Kier alpha value is -1.44. The maximum atomic E-state index is 11.9. The smallest absolute Gasteiger partial charge is 0.336 e. The summed E-state index contributed by atoms with van der Waals surface area (Å²) >= 11 is 0. The van der Waals surface area contributed by atoms with Crippen molar-refractivity contribution in [3.8, 4) is 0 Å². The van der Waals surface area contributed by atoms with E-state index >= 15 is 0 Å². The molecule has 7 heteroatoms. The molecule has 0 aromatic carbocycles. The van der Waals surface area contributed by atoms with Gasteiger partial charge in [-0.15, -0.1) is 0 Å². The molecule has 3 N–H and O–H groups in total. The van der Waals surface area contributed by atoms with Crippen LogP contribution in [0.1, 0.15) is 47.0 Å². The lowest BCUT2D eigenvalue weighted by atomic mass is 9.49. The van der Waals surface area contributed by atoms with Crippen LogP contribution in [0.2, 0.25) is 0 Å². The van der Waals surface area contributed by atoms with Crippen LogP contribution >= 0.6 is 0 Å². The summed E-state index contributed by atoms with van der Waals surface area (Å²) < 4.78 is 10.4. The molecule has 1 heterocycles. The predicted molar refractivity (Wildman–Crippen MR) is 81.4 cm³/mol. The summed E-state index contributed by atoms with van der Waals surface area (Å²) in [6, 6.07) is 0. The summed E-state index contributed by atoms with van der Waals surface area (Å²) in [7, 11) is 0. The average molecular weight is 340 g/mol. The summed E-state index contributed by atoms with van der Waals surface area (Å²) in [4.78, 5) is 23.2. The number of hydrogen-bond donors (Lipinski definition) is 3. The number of aliphatic hydroxyl groups excluding tert-OH is 1. The highest BCUT2D eigenvalue weighted by Crippen LogP contribution is 2.61. The van der Waals surface area contributed by atoms with Gasteiger partial charge in [0.2, 0.25) is 5.79 Å². The molecule has 2 fully saturated rings. The third-order valence-corrected chi connectivity index (χ3v) is 6.43. The average Bonchev–Trinajstić information content (AvgIpc) is 2.68. The highest BCUT2D eigenvalue weighted by Gasteiger charge is 2.70. The Balaban J connectivity index is 2.08. The Morgan fingerprint density at radius 2 is 2.00 bits per heavy atom. The molecule has 2 aliphatic carbocycles. The molecule has 6 atom stereocenters. The summed E-state index contributed by atoms with van der Waals surface area (Å²) in [6.07, 6.45) is -1.33. The molecule has 0 spiro atoms. The highest BCUT2D eigenvalue weighted by molar-refractivity contribution is 5.92. The van der Waals surface area contributed by atoms with Crippen molar-refractivity contribution in [2.24, 2.45) is 11.3 Å². The first-order valence-electron chi connectivity index (χ1n) is 8.21. The first kappa shape index (κ1) is 17.4. The van der Waals surface area contributed by atoms with E-state index in [9.17, 15) is 24.9 Å². The molecule has 0 radical (unpaired) electrons. The highest BCUT2D eigenvalue weighted by atomic mass is 16.7. The SMILES string of the molecule is CC(=O)O[C@H]1CC[C@]2(O)C[C@@]3(O)OC(=O)C(C)=C3[C@@H](O)[C@]2(C)[C@H]1C. The lowest BCUT2D eigenvalue weighted by Gasteiger charge is -2.61. The maximum absolute atomic E-state index is 11.9. The van der Waals surface area contributed by atoms with Crippen LogP contribution in [0, 0.1) is 11.3 Å². The van der Waals surface area contributed by atoms with E-state index in [1.54, 1.807) is 13.8 Å². The minimum atomic E-state index is -1.98. The van der Waals surface area contributed by atoms with E-state index in [1.807, 2.05) is 0 Å². The molecular formula is C17H24O7. The van der Waals surface area contributed by atoms with Crippen LogP contribution in [-0.2, 0) is 19.1 Å². The van der Waals surface area contributed by atoms with E-state index in [0.717, 1.165) is 0 Å². The first-order chi connectivity index (χ1) is 11.0. The Kier molecular flexibility index (Phi) is 3.64. The van der Waals surface area contributed by atoms with Gasteiger partial charge in [-0.25, -0.2) is 4.79 Å². The summed E-state index contributed by atoms with van der Waals surface area (Å²) in [5.74, 6) is -3.47. The zero-order valence-corrected chi connectivity index (χ0v) is 14.3. The van der Waals surface area contributed by atoms with Crippen LogP contribution in [0.25, 0.3) is 0 Å². The van der Waals surface area contributed by atoms with Crippen LogP contribution in [0.4, 0.5) is 0 Å². The Labute approximate surface area is 140 Å². The van der Waals surface area contributed by atoms with E-state index in [0.29, 0.717) is 6.42 Å². The molecule has 1 aliphatic heterocycles. The molecule has 0 aromatic rings. The standard InChI is InChI=1S/C17H24O7/c1-8-12-13(19)15(4)9(2)11(23-10(3)18)5-6-16(15,21)7-17(12,22)24-14(8)20/h9,11,13,19,21-22H,5-7H2,1-4H3/t9-,11-,13+,15-,16-,17+/m0/s1. The van der Waals surface area contributed by atoms with Crippen LogP contribution in [0.15, 0.2) is 11.1 Å². The fraction of sp³-hybridized carbons (Fsp3) is 0.765. The second-order valence-electron chi connectivity index (χ2n) is 7.58. The fourth-order valence-corrected chi connectivity index (χ4v) is 4.80. The van der Waals surface area contributed by atoms with Gasteiger partial charge in [-0.1, -0.05) is 13.8 Å². The molecule has 2 saturated carbocycles. The lowest BCUT2D eigenvalue weighted by Crippen LogP contribution is -2.70. The molecule has 7 nitrogen and oxygen atoms in total. The van der Waals surface area contributed by atoms with Crippen molar-refractivity contribution in [2.75, 3.05) is 0 Å². The number of rotatable bonds is 1. The minimum absolute atomic E-state index is 0.106. The quantitative estimate of drug-likeness (QED) is 0.593. The number of ether oxygens (including phenoxy) is 2. The topological polar surface area (TPSA) is 113 Å². The van der Waals surface area contributed by atoms with E-state index in [2.05, 4.69) is 0 Å². The number of hydrogen-bond acceptors (Lipinski definition) is 7. The number of fused-ring (bicyclic) bond motifs is 2. The molecule has 24 heavy (non-hydrogen) atoms. The van der Waals surface area contributed by atoms with Crippen molar-refractivity contribution in [3.63, 3.8) is 0 Å². The molecular weight excluding hydrogens is 316 g/mol. The van der Waals surface area contributed by atoms with Crippen molar-refractivity contribution >= 4 is 11.9 Å². The van der Waals surface area contributed by atoms with Gasteiger partial charge in [-0.05, 0) is 19.8 Å². The fourth-order valence-electron chi connectivity index (χ4n) is 4.80. The van der Waals surface area contributed by atoms with E-state index in [4.69, 9.17) is 9.47 Å². The van der Waals surface area contributed by atoms with Gasteiger partial charge in [0.25, 0.3) is 0 Å². The predicted octanol–water partition coefficient (Wildman–Crippen LogP) is 0.412. The van der Waals surface area contributed by atoms with E-state index < -0.39 is 40.9 Å². The molecule has 3 aliphatic rings. The van der Waals surface area contributed by atoms with Crippen molar-refractivity contribution in [2.45, 2.75) is 70.6 Å². The third-order valence-electron chi connectivity index (χ3n) is 6.43. The van der Waals surface area contributed by atoms with Crippen LogP contribution in [0.5, 0.6) is 0 Å². The Bertz CT molecular complexity index is 641. The second kappa shape index (κ2) is 5.03. The molecule has 0 bridgehead atoms. The van der Waals surface area contributed by atoms with Crippen LogP contribution in [-0.4, -0.2) is 50.9 Å². The lowest BCUT2D eigenvalue weighted by molar-refractivity contribution is -0.283. The Morgan fingerprint density at radius 1 is 1.38 bits per heavy atom. The van der Waals surface area contributed by atoms with Crippen molar-refractivity contribution in [1.82, 2.24) is 0 Å². The Morgan fingerprint density at radius 3 is 2.58 bits per heavy atom. The van der Waals surface area contributed by atoms with Crippen LogP contribution in [0.3, 0.4) is 0 Å². The zero-order valence-electron chi connectivity index (χ0n) is 14.3. The third kappa shape index (κ3) is 2.01. The summed E-state index contributed by atoms with van der Waals surface area (Å²) in [5, 5.41) is 33.0. The van der Waals surface area contributed by atoms with Gasteiger partial charge >= 0.3 is 11.9 Å². The van der Waals surface area contributed by atoms with E-state index in [1.165, 1.54) is 13.8 Å². The summed E-state index contributed by atoms with van der Waals surface area (Å²) in [5.41, 5.74) is -2.28. The number of aliphatic hydroxyl groups is 3. The zero-order chi connectivity index (χ0) is 18.1.